The molecule has 2 aromatic rings. The van der Waals surface area contributed by atoms with Crippen molar-refractivity contribution in [2.24, 2.45) is 10.9 Å². The van der Waals surface area contributed by atoms with Gasteiger partial charge < -0.3 is 19.4 Å². The summed E-state index contributed by atoms with van der Waals surface area (Å²) in [6.45, 7) is 12.3. The van der Waals surface area contributed by atoms with Crippen molar-refractivity contribution in [3.05, 3.63) is 35.3 Å². The molecule has 0 amide bonds. The van der Waals surface area contributed by atoms with Crippen LogP contribution in [0, 0.1) is 18.7 Å². The van der Waals surface area contributed by atoms with Gasteiger partial charge in [0, 0.05) is 50.2 Å². The smallest absolute Gasteiger partial charge is 0.194 e. The van der Waals surface area contributed by atoms with E-state index < -0.39 is 0 Å². The Morgan fingerprint density at radius 1 is 1.28 bits per heavy atom. The summed E-state index contributed by atoms with van der Waals surface area (Å²) in [4.78, 5) is 9.70. The molecule has 0 saturated carbocycles. The van der Waals surface area contributed by atoms with Gasteiger partial charge in [0.2, 0.25) is 0 Å². The summed E-state index contributed by atoms with van der Waals surface area (Å²) < 4.78 is 24.9. The third kappa shape index (κ3) is 4.73. The zero-order chi connectivity index (χ0) is 20.2. The molecule has 158 valence electrons. The van der Waals surface area contributed by atoms with E-state index >= 15 is 0 Å². The molecule has 29 heavy (non-hydrogen) atoms. The number of likely N-dealkylation sites (tertiary alicyclic amines) is 1. The zero-order valence-corrected chi connectivity index (χ0v) is 17.4. The lowest BCUT2D eigenvalue weighted by atomic mass is 10.1. The topological polar surface area (TPSA) is 53.2 Å². The number of rotatable bonds is 5. The number of ether oxygens (including phenoxy) is 1. The number of benzene rings is 1. The molecule has 7 heteroatoms. The number of nitrogens with one attached hydrogen (secondary N) is 1. The van der Waals surface area contributed by atoms with Crippen LogP contribution in [0.1, 0.15) is 24.7 Å². The maximum Gasteiger partial charge on any atom is 0.194 e. The third-order valence-corrected chi connectivity index (χ3v) is 5.91. The highest BCUT2D eigenvalue weighted by molar-refractivity contribution is 5.83. The molecule has 1 N–H and O–H groups in total. The standard InChI is InChI=1S/C22H31FN4O2/c1-3-24-22(27-7-6-17(15-27)14-26-8-10-28-11-9-26)25-13-21-16(2)19-12-18(23)4-5-20(19)29-21/h4-5,12,17H,3,6-11,13-15H2,1-2H3,(H,24,25). The van der Waals surface area contributed by atoms with Crippen molar-refractivity contribution in [3.63, 3.8) is 0 Å². The van der Waals surface area contributed by atoms with Gasteiger partial charge in [-0.05, 0) is 44.4 Å². The lowest BCUT2D eigenvalue weighted by Crippen LogP contribution is -2.42. The van der Waals surface area contributed by atoms with Crippen LogP contribution in [0.2, 0.25) is 0 Å². The van der Waals surface area contributed by atoms with Crippen LogP contribution in [0.4, 0.5) is 4.39 Å². The molecular formula is C22H31FN4O2. The van der Waals surface area contributed by atoms with Gasteiger partial charge in [-0.2, -0.15) is 0 Å². The molecule has 1 unspecified atom stereocenters. The minimum absolute atomic E-state index is 0.242. The van der Waals surface area contributed by atoms with Gasteiger partial charge in [-0.15, -0.1) is 0 Å². The van der Waals surface area contributed by atoms with Gasteiger partial charge in [0.1, 0.15) is 23.7 Å². The summed E-state index contributed by atoms with van der Waals surface area (Å²) in [6, 6.07) is 4.65. The Labute approximate surface area is 171 Å². The van der Waals surface area contributed by atoms with Crippen molar-refractivity contribution in [1.29, 1.82) is 0 Å². The number of hydrogen-bond donors (Lipinski definition) is 1. The lowest BCUT2D eigenvalue weighted by Gasteiger charge is -2.29. The minimum atomic E-state index is -0.242. The Hall–Kier alpha value is -2.12. The van der Waals surface area contributed by atoms with Gasteiger partial charge in [-0.1, -0.05) is 0 Å². The summed E-state index contributed by atoms with van der Waals surface area (Å²) in [5.41, 5.74) is 1.68. The van der Waals surface area contributed by atoms with E-state index in [1.807, 2.05) is 6.92 Å². The van der Waals surface area contributed by atoms with E-state index in [9.17, 15) is 4.39 Å². The number of halogens is 1. The first-order valence-corrected chi connectivity index (χ1v) is 10.6. The van der Waals surface area contributed by atoms with E-state index in [4.69, 9.17) is 14.1 Å². The molecule has 4 rings (SSSR count). The summed E-state index contributed by atoms with van der Waals surface area (Å²) in [5.74, 6) is 2.15. The van der Waals surface area contributed by atoms with Crippen molar-refractivity contribution in [1.82, 2.24) is 15.1 Å². The SMILES string of the molecule is CCNC(=NCc1oc2ccc(F)cc2c1C)N1CCC(CN2CCOCC2)C1. The number of furan rings is 1. The molecule has 2 fully saturated rings. The fourth-order valence-corrected chi connectivity index (χ4v) is 4.29. The molecule has 0 aliphatic carbocycles. The molecule has 3 heterocycles. The largest absolute Gasteiger partial charge is 0.459 e. The molecule has 1 aromatic heterocycles. The van der Waals surface area contributed by atoms with E-state index in [1.54, 1.807) is 6.07 Å². The second-order valence-electron chi connectivity index (χ2n) is 7.97. The Bertz CT molecular complexity index is 860. The summed E-state index contributed by atoms with van der Waals surface area (Å²) in [6.07, 6.45) is 1.19. The normalized spacial score (nSPS) is 21.3. The van der Waals surface area contributed by atoms with Crippen LogP contribution >= 0.6 is 0 Å². The Morgan fingerprint density at radius 3 is 2.90 bits per heavy atom. The zero-order valence-electron chi connectivity index (χ0n) is 17.4. The Balaban J connectivity index is 1.42. The van der Waals surface area contributed by atoms with Gasteiger partial charge in [-0.25, -0.2) is 9.38 Å². The predicted octanol–water partition coefficient (Wildman–Crippen LogP) is 3.00. The second-order valence-corrected chi connectivity index (χ2v) is 7.97. The van der Waals surface area contributed by atoms with Crippen molar-refractivity contribution in [2.45, 2.75) is 26.8 Å². The summed E-state index contributed by atoms with van der Waals surface area (Å²) in [5, 5.41) is 4.25. The third-order valence-electron chi connectivity index (χ3n) is 5.91. The van der Waals surface area contributed by atoms with Crippen LogP contribution in [-0.4, -0.2) is 68.2 Å². The Morgan fingerprint density at radius 2 is 2.10 bits per heavy atom. The van der Waals surface area contributed by atoms with Gasteiger partial charge in [0.25, 0.3) is 0 Å². The molecule has 2 aliphatic heterocycles. The van der Waals surface area contributed by atoms with Crippen LogP contribution in [0.25, 0.3) is 11.0 Å². The van der Waals surface area contributed by atoms with E-state index in [1.165, 1.54) is 18.6 Å². The molecule has 2 saturated heterocycles. The first-order chi connectivity index (χ1) is 14.1. The number of morpholine rings is 1. The van der Waals surface area contributed by atoms with E-state index in [-0.39, 0.29) is 5.82 Å². The van der Waals surface area contributed by atoms with Crippen LogP contribution in [0.5, 0.6) is 0 Å². The number of fused-ring (bicyclic) bond motifs is 1. The molecule has 1 aromatic carbocycles. The molecule has 2 aliphatic rings. The number of nitrogens with zero attached hydrogens (tertiary/aromatic N) is 3. The van der Waals surface area contributed by atoms with Crippen LogP contribution < -0.4 is 5.32 Å². The quantitative estimate of drug-likeness (QED) is 0.616. The highest BCUT2D eigenvalue weighted by Gasteiger charge is 2.27. The number of hydrogen-bond acceptors (Lipinski definition) is 4. The number of guanidine groups is 1. The van der Waals surface area contributed by atoms with Gasteiger partial charge >= 0.3 is 0 Å². The Kier molecular flexibility index (Phi) is 6.35. The maximum absolute atomic E-state index is 13.6. The highest BCUT2D eigenvalue weighted by atomic mass is 19.1. The predicted molar refractivity (Wildman–Crippen MR) is 113 cm³/mol. The van der Waals surface area contributed by atoms with Crippen LogP contribution in [-0.2, 0) is 11.3 Å². The van der Waals surface area contributed by atoms with Crippen molar-refractivity contribution in [2.75, 3.05) is 52.5 Å². The van der Waals surface area contributed by atoms with E-state index in [0.29, 0.717) is 18.0 Å². The summed E-state index contributed by atoms with van der Waals surface area (Å²) >= 11 is 0. The van der Waals surface area contributed by atoms with Crippen LogP contribution in [0.3, 0.4) is 0 Å². The van der Waals surface area contributed by atoms with Crippen molar-refractivity contribution in [3.8, 4) is 0 Å². The summed E-state index contributed by atoms with van der Waals surface area (Å²) in [7, 11) is 0. The fraction of sp³-hybridized carbons (Fsp3) is 0.591. The van der Waals surface area contributed by atoms with Crippen molar-refractivity contribution >= 4 is 16.9 Å². The number of aliphatic imine (C=N–C) groups is 1. The average molecular weight is 403 g/mol. The van der Waals surface area contributed by atoms with Gasteiger partial charge in [0.15, 0.2) is 5.96 Å². The highest BCUT2D eigenvalue weighted by Crippen LogP contribution is 2.27. The molecule has 6 nitrogen and oxygen atoms in total. The maximum atomic E-state index is 13.6. The van der Waals surface area contributed by atoms with Crippen LogP contribution in [0.15, 0.2) is 27.6 Å². The molecular weight excluding hydrogens is 371 g/mol. The second kappa shape index (κ2) is 9.13. The van der Waals surface area contributed by atoms with Crippen molar-refractivity contribution < 1.29 is 13.5 Å². The van der Waals surface area contributed by atoms with E-state index in [2.05, 4.69) is 22.0 Å². The van der Waals surface area contributed by atoms with Gasteiger partial charge in [0.05, 0.1) is 13.2 Å². The molecule has 0 spiro atoms. The lowest BCUT2D eigenvalue weighted by molar-refractivity contribution is 0.0315. The monoisotopic (exact) mass is 402 g/mol. The minimum Gasteiger partial charge on any atom is -0.459 e. The first kappa shape index (κ1) is 20.2. The molecule has 0 radical (unpaired) electrons. The first-order valence-electron chi connectivity index (χ1n) is 10.6. The van der Waals surface area contributed by atoms with Gasteiger partial charge in [-0.3, -0.25) is 4.90 Å². The molecule has 1 atom stereocenters. The van der Waals surface area contributed by atoms with E-state index in [0.717, 1.165) is 75.2 Å². The molecule has 0 bridgehead atoms. The average Bonchev–Trinajstić information content (AvgIpc) is 3.31. The number of aryl methyl sites for hydroxylation is 1. The fourth-order valence-electron chi connectivity index (χ4n) is 4.29.